The van der Waals surface area contributed by atoms with E-state index < -0.39 is 0 Å². The summed E-state index contributed by atoms with van der Waals surface area (Å²) < 4.78 is 0. The van der Waals surface area contributed by atoms with E-state index in [0.29, 0.717) is 0 Å². The molecule has 2 nitrogen and oxygen atoms in total. The fourth-order valence-corrected chi connectivity index (χ4v) is 3.19. The number of benzene rings is 3. The minimum absolute atomic E-state index is 0.0222. The maximum atomic E-state index is 12.7. The lowest BCUT2D eigenvalue weighted by Crippen LogP contribution is -2.07. The van der Waals surface area contributed by atoms with Gasteiger partial charge >= 0.3 is 0 Å². The van der Waals surface area contributed by atoms with Crippen LogP contribution in [0.4, 0.5) is 5.69 Å². The van der Waals surface area contributed by atoms with Crippen molar-refractivity contribution in [1.29, 1.82) is 0 Å². The van der Waals surface area contributed by atoms with Gasteiger partial charge in [-0.05, 0) is 29.2 Å². The van der Waals surface area contributed by atoms with Gasteiger partial charge in [0.15, 0.2) is 0 Å². The highest BCUT2D eigenvalue weighted by Gasteiger charge is 2.27. The van der Waals surface area contributed by atoms with Crippen molar-refractivity contribution >= 4 is 22.7 Å². The van der Waals surface area contributed by atoms with E-state index in [9.17, 15) is 4.79 Å². The van der Waals surface area contributed by atoms with E-state index in [1.807, 2.05) is 60.7 Å². The molecule has 0 fully saturated rings. The molecule has 0 aliphatic carbocycles. The number of anilines is 1. The van der Waals surface area contributed by atoms with Gasteiger partial charge in [-0.2, -0.15) is 0 Å². The van der Waals surface area contributed by atoms with Crippen molar-refractivity contribution in [1.82, 2.24) is 0 Å². The molecule has 0 unspecified atom stereocenters. The summed E-state index contributed by atoms with van der Waals surface area (Å²) in [6.07, 6.45) is 0.724. The molecule has 1 aliphatic heterocycles. The van der Waals surface area contributed by atoms with Crippen LogP contribution in [0.1, 0.15) is 16.7 Å². The average Bonchev–Trinajstić information content (AvgIpc) is 2.97. The molecule has 24 heavy (non-hydrogen) atoms. The number of hydrogen-bond acceptors (Lipinski definition) is 1. The van der Waals surface area contributed by atoms with Gasteiger partial charge in [0, 0.05) is 11.3 Å². The summed E-state index contributed by atoms with van der Waals surface area (Å²) in [5.74, 6) is -0.0222. The molecule has 0 aromatic heterocycles. The number of nitrogens with one attached hydrogen (secondary N) is 1. The zero-order chi connectivity index (χ0) is 16.4. The third kappa shape index (κ3) is 2.63. The summed E-state index contributed by atoms with van der Waals surface area (Å²) in [7, 11) is 0. The van der Waals surface area contributed by atoms with Gasteiger partial charge < -0.3 is 5.32 Å². The Bertz CT molecular complexity index is 911. The molecule has 1 aliphatic rings. The van der Waals surface area contributed by atoms with Gasteiger partial charge in [0.25, 0.3) is 5.91 Å². The molecular weight excluding hydrogens is 294 g/mol. The van der Waals surface area contributed by atoms with Crippen LogP contribution in [0.15, 0.2) is 84.9 Å². The van der Waals surface area contributed by atoms with Crippen molar-refractivity contribution < 1.29 is 4.79 Å². The van der Waals surface area contributed by atoms with Gasteiger partial charge in [-0.1, -0.05) is 78.9 Å². The zero-order valence-electron chi connectivity index (χ0n) is 13.2. The van der Waals surface area contributed by atoms with Crippen LogP contribution < -0.4 is 5.32 Å². The molecule has 0 spiro atoms. The Kier molecular flexibility index (Phi) is 3.72. The molecule has 0 atom stereocenters. The lowest BCUT2D eigenvalue weighted by Gasteiger charge is -2.12. The van der Waals surface area contributed by atoms with Crippen molar-refractivity contribution in [2.24, 2.45) is 0 Å². The second-order valence-electron chi connectivity index (χ2n) is 5.88. The predicted molar refractivity (Wildman–Crippen MR) is 98.5 cm³/mol. The Labute approximate surface area is 141 Å². The van der Waals surface area contributed by atoms with Crippen LogP contribution in [0.2, 0.25) is 0 Å². The Hall–Kier alpha value is -3.13. The van der Waals surface area contributed by atoms with Gasteiger partial charge in [-0.3, -0.25) is 4.79 Å². The number of rotatable bonds is 3. The summed E-state index contributed by atoms with van der Waals surface area (Å²) in [6, 6.07) is 28.3. The second-order valence-corrected chi connectivity index (χ2v) is 5.88. The average molecular weight is 311 g/mol. The molecule has 116 valence electrons. The molecule has 3 aromatic rings. The van der Waals surface area contributed by atoms with E-state index in [1.165, 1.54) is 5.56 Å². The third-order valence-electron chi connectivity index (χ3n) is 4.32. The minimum Gasteiger partial charge on any atom is -0.321 e. The highest BCUT2D eigenvalue weighted by molar-refractivity contribution is 6.36. The first-order chi connectivity index (χ1) is 11.8. The largest absolute Gasteiger partial charge is 0.321 e. The number of allylic oxidation sites excluding steroid dienone is 1. The van der Waals surface area contributed by atoms with E-state index in [-0.39, 0.29) is 5.91 Å². The van der Waals surface area contributed by atoms with Crippen LogP contribution in [-0.4, -0.2) is 5.91 Å². The summed E-state index contributed by atoms with van der Waals surface area (Å²) in [5, 5.41) is 2.99. The van der Waals surface area contributed by atoms with Crippen LogP contribution in [0, 0.1) is 0 Å². The molecule has 0 radical (unpaired) electrons. The molecule has 0 bridgehead atoms. The maximum Gasteiger partial charge on any atom is 0.256 e. The van der Waals surface area contributed by atoms with Crippen LogP contribution in [0.3, 0.4) is 0 Å². The van der Waals surface area contributed by atoms with Gasteiger partial charge in [0.1, 0.15) is 0 Å². The Balaban J connectivity index is 1.91. The smallest absolute Gasteiger partial charge is 0.256 e. The molecule has 3 aromatic carbocycles. The van der Waals surface area contributed by atoms with Gasteiger partial charge in [0.2, 0.25) is 0 Å². The lowest BCUT2D eigenvalue weighted by molar-refractivity contribution is -0.110. The monoisotopic (exact) mass is 311 g/mol. The summed E-state index contributed by atoms with van der Waals surface area (Å²) in [4.78, 5) is 12.7. The predicted octanol–water partition coefficient (Wildman–Crippen LogP) is 4.79. The summed E-state index contributed by atoms with van der Waals surface area (Å²) in [6.45, 7) is 0. The molecule has 4 rings (SSSR count). The van der Waals surface area contributed by atoms with Crippen molar-refractivity contribution in [3.63, 3.8) is 0 Å². The normalized spacial score (nSPS) is 14.9. The van der Waals surface area contributed by atoms with E-state index in [4.69, 9.17) is 0 Å². The van der Waals surface area contributed by atoms with Crippen molar-refractivity contribution in [3.05, 3.63) is 102 Å². The Morgan fingerprint density at radius 1 is 0.750 bits per heavy atom. The first kappa shape index (κ1) is 14.5. The molecule has 0 saturated carbocycles. The number of fused-ring (bicyclic) bond motifs is 1. The quantitative estimate of drug-likeness (QED) is 0.692. The fraction of sp³-hybridized carbons (Fsp3) is 0.0455. The van der Waals surface area contributed by atoms with Crippen LogP contribution in [0.25, 0.3) is 11.1 Å². The van der Waals surface area contributed by atoms with Gasteiger partial charge in [0.05, 0.1) is 5.57 Å². The number of carbonyl (C=O) groups is 1. The lowest BCUT2D eigenvalue weighted by atomic mass is 9.90. The van der Waals surface area contributed by atoms with E-state index >= 15 is 0 Å². The number of para-hydroxylation sites is 1. The number of hydrogen-bond donors (Lipinski definition) is 1. The fourth-order valence-electron chi connectivity index (χ4n) is 3.19. The van der Waals surface area contributed by atoms with Crippen molar-refractivity contribution in [2.45, 2.75) is 6.42 Å². The van der Waals surface area contributed by atoms with E-state index in [0.717, 1.165) is 34.4 Å². The summed E-state index contributed by atoms with van der Waals surface area (Å²) >= 11 is 0. The number of amides is 1. The molecule has 1 N–H and O–H groups in total. The van der Waals surface area contributed by atoms with Crippen molar-refractivity contribution in [2.75, 3.05) is 5.32 Å². The Morgan fingerprint density at radius 3 is 2.12 bits per heavy atom. The Morgan fingerprint density at radius 2 is 1.38 bits per heavy atom. The summed E-state index contributed by atoms with van der Waals surface area (Å²) in [5.41, 5.74) is 5.99. The van der Waals surface area contributed by atoms with Crippen LogP contribution in [0.5, 0.6) is 0 Å². The third-order valence-corrected chi connectivity index (χ3v) is 4.32. The molecule has 1 amide bonds. The first-order valence-electron chi connectivity index (χ1n) is 8.06. The van der Waals surface area contributed by atoms with Gasteiger partial charge in [-0.25, -0.2) is 0 Å². The highest BCUT2D eigenvalue weighted by atomic mass is 16.2. The van der Waals surface area contributed by atoms with E-state index in [1.54, 1.807) is 0 Å². The first-order valence-corrected chi connectivity index (χ1v) is 8.06. The molecule has 0 saturated heterocycles. The van der Waals surface area contributed by atoms with Crippen molar-refractivity contribution in [3.8, 4) is 0 Å². The zero-order valence-corrected chi connectivity index (χ0v) is 13.2. The van der Waals surface area contributed by atoms with E-state index in [2.05, 4.69) is 29.6 Å². The topological polar surface area (TPSA) is 29.1 Å². The number of carbonyl (C=O) groups excluding carboxylic acids is 1. The SMILES string of the molecule is O=C1Nc2ccccc2/C1=C(/Cc1ccccc1)c1ccccc1. The highest BCUT2D eigenvalue weighted by Crippen LogP contribution is 2.38. The maximum absolute atomic E-state index is 12.7. The van der Waals surface area contributed by atoms with Crippen LogP contribution in [-0.2, 0) is 11.2 Å². The molecule has 2 heteroatoms. The van der Waals surface area contributed by atoms with Crippen LogP contribution >= 0.6 is 0 Å². The standard InChI is InChI=1S/C22H17NO/c24-22-21(18-13-7-8-14-20(18)23-22)19(17-11-5-2-6-12-17)15-16-9-3-1-4-10-16/h1-14H,15H2,(H,23,24)/b21-19+. The van der Waals surface area contributed by atoms with Gasteiger partial charge in [-0.15, -0.1) is 0 Å². The molecular formula is C22H17NO. The molecule has 1 heterocycles. The minimum atomic E-state index is -0.0222. The second kappa shape index (κ2) is 6.17.